The van der Waals surface area contributed by atoms with Gasteiger partial charge in [0.15, 0.2) is 0 Å². The Balaban J connectivity index is 0.000000186. The molecule has 0 radical (unpaired) electrons. The van der Waals surface area contributed by atoms with Crippen LogP contribution in [0.25, 0.3) is 0 Å². The van der Waals surface area contributed by atoms with Crippen LogP contribution >= 0.6 is 0 Å². The SMILES string of the molecule is CCC1(C(=O)OCC2CCC(n3ccc(=O)[nH]c3=O)O2)CCNCC1.O=C(OCC1CCC(n2ccc(=O)[nH]c2=O)O1)C1CCCN1. The predicted molar refractivity (Wildman–Crippen MR) is 167 cm³/mol. The maximum absolute atomic E-state index is 12.6. The van der Waals surface area contributed by atoms with Crippen molar-refractivity contribution in [3.8, 4) is 0 Å². The van der Waals surface area contributed by atoms with Crippen molar-refractivity contribution in [1.82, 2.24) is 29.7 Å². The van der Waals surface area contributed by atoms with Gasteiger partial charge in [-0.1, -0.05) is 6.92 Å². The van der Waals surface area contributed by atoms with Gasteiger partial charge in [0.2, 0.25) is 0 Å². The Bertz CT molecular complexity index is 1600. The van der Waals surface area contributed by atoms with Crippen LogP contribution in [0, 0.1) is 5.41 Å². The maximum Gasteiger partial charge on any atom is 0.330 e. The lowest BCUT2D eigenvalue weighted by molar-refractivity contribution is -0.162. The van der Waals surface area contributed by atoms with Gasteiger partial charge < -0.3 is 29.6 Å². The highest BCUT2D eigenvalue weighted by molar-refractivity contribution is 5.77. The molecular weight excluding hydrogens is 616 g/mol. The minimum absolute atomic E-state index is 0.148. The average Bonchev–Trinajstić information content (AvgIpc) is 3.86. The first-order valence-electron chi connectivity index (χ1n) is 16.4. The largest absolute Gasteiger partial charge is 0.462 e. The van der Waals surface area contributed by atoms with Gasteiger partial charge >= 0.3 is 23.3 Å². The summed E-state index contributed by atoms with van der Waals surface area (Å²) in [6.45, 7) is 4.92. The van der Waals surface area contributed by atoms with E-state index >= 15 is 0 Å². The predicted octanol–water partition coefficient (Wildman–Crippen LogP) is 0.0466. The van der Waals surface area contributed by atoms with Gasteiger partial charge in [-0.2, -0.15) is 0 Å². The van der Waals surface area contributed by atoms with Crippen LogP contribution in [0.5, 0.6) is 0 Å². The van der Waals surface area contributed by atoms with Crippen LogP contribution in [0.4, 0.5) is 0 Å². The molecule has 6 rings (SSSR count). The quantitative estimate of drug-likeness (QED) is 0.263. The maximum atomic E-state index is 12.6. The zero-order valence-electron chi connectivity index (χ0n) is 26.6. The normalized spacial score (nSPS) is 26.7. The summed E-state index contributed by atoms with van der Waals surface area (Å²) in [6.07, 6.45) is 8.34. The summed E-state index contributed by atoms with van der Waals surface area (Å²) in [5, 5.41) is 6.35. The van der Waals surface area contributed by atoms with E-state index in [4.69, 9.17) is 18.9 Å². The van der Waals surface area contributed by atoms with Crippen molar-refractivity contribution in [2.75, 3.05) is 32.8 Å². The van der Waals surface area contributed by atoms with E-state index in [2.05, 4.69) is 20.6 Å². The molecule has 16 heteroatoms. The number of hydrogen-bond donors (Lipinski definition) is 4. The van der Waals surface area contributed by atoms with Gasteiger partial charge in [0.1, 0.15) is 31.7 Å². The Morgan fingerprint density at radius 3 is 1.85 bits per heavy atom. The van der Waals surface area contributed by atoms with Crippen LogP contribution in [0.2, 0.25) is 0 Å². The monoisotopic (exact) mass is 660 g/mol. The Morgan fingerprint density at radius 1 is 0.809 bits per heavy atom. The van der Waals surface area contributed by atoms with E-state index in [0.717, 1.165) is 51.7 Å². The first-order valence-corrected chi connectivity index (χ1v) is 16.4. The molecule has 4 aliphatic rings. The summed E-state index contributed by atoms with van der Waals surface area (Å²) in [5.41, 5.74) is -2.25. The fourth-order valence-corrected chi connectivity index (χ4v) is 6.43. The molecule has 2 aromatic rings. The lowest BCUT2D eigenvalue weighted by Crippen LogP contribution is -2.43. The lowest BCUT2D eigenvalue weighted by atomic mass is 9.77. The Hall–Kier alpha value is -3.86. The number of nitrogens with zero attached hydrogens (tertiary/aromatic N) is 2. The third-order valence-electron chi connectivity index (χ3n) is 9.32. The van der Waals surface area contributed by atoms with Gasteiger partial charge in [-0.05, 0) is 77.4 Å². The number of hydrogen-bond acceptors (Lipinski definition) is 12. The Labute approximate surface area is 270 Å². The minimum atomic E-state index is -0.495. The molecule has 47 heavy (non-hydrogen) atoms. The minimum Gasteiger partial charge on any atom is -0.462 e. The number of esters is 2. The molecule has 0 amide bonds. The molecule has 0 aromatic carbocycles. The van der Waals surface area contributed by atoms with Crippen LogP contribution in [0.15, 0.2) is 43.7 Å². The number of H-pyrrole nitrogens is 2. The summed E-state index contributed by atoms with van der Waals surface area (Å²) in [4.78, 5) is 74.5. The zero-order chi connectivity index (χ0) is 33.4. The molecule has 0 aliphatic carbocycles. The number of carbonyl (C=O) groups is 2. The van der Waals surface area contributed by atoms with Gasteiger partial charge in [-0.3, -0.25) is 38.3 Å². The number of piperidine rings is 1. The summed E-state index contributed by atoms with van der Waals surface area (Å²) in [6, 6.07) is 2.36. The second-order valence-corrected chi connectivity index (χ2v) is 12.4. The Kier molecular flexibility index (Phi) is 11.6. The summed E-state index contributed by atoms with van der Waals surface area (Å²) in [7, 11) is 0. The number of carbonyl (C=O) groups excluding carboxylic acids is 2. The van der Waals surface area contributed by atoms with Crippen molar-refractivity contribution in [2.24, 2.45) is 5.41 Å². The summed E-state index contributed by atoms with van der Waals surface area (Å²) >= 11 is 0. The van der Waals surface area contributed by atoms with Crippen LogP contribution in [0.3, 0.4) is 0 Å². The number of nitrogens with one attached hydrogen (secondary N) is 4. The molecule has 5 atom stereocenters. The number of ether oxygens (including phenoxy) is 4. The van der Waals surface area contributed by atoms with Crippen molar-refractivity contribution in [2.45, 2.75) is 95.4 Å². The first kappa shape index (κ1) is 34.5. The van der Waals surface area contributed by atoms with E-state index in [9.17, 15) is 28.8 Å². The lowest BCUT2D eigenvalue weighted by Gasteiger charge is -2.34. The standard InChI is InChI=1S/C17H25N3O5.C14H19N3O5/c1-2-17(6-8-18-9-7-17)15(22)24-11-12-3-4-14(25-12)20-10-5-13(21)19-16(20)23;18-11-5-7-17(14(20)16-11)12-4-3-9(22-12)8-21-13(19)10-2-1-6-15-10/h5,10,12,14,18H,2-4,6-9,11H2,1H3,(H,19,21,23);5,7,9-10,12,15H,1-4,6,8H2,(H,16,18,20). The van der Waals surface area contributed by atoms with E-state index < -0.39 is 35.0 Å². The van der Waals surface area contributed by atoms with E-state index in [0.29, 0.717) is 25.7 Å². The van der Waals surface area contributed by atoms with E-state index in [1.165, 1.54) is 33.7 Å². The van der Waals surface area contributed by atoms with Crippen molar-refractivity contribution in [3.63, 3.8) is 0 Å². The van der Waals surface area contributed by atoms with Gasteiger partial charge in [0.05, 0.1) is 17.6 Å². The van der Waals surface area contributed by atoms with Crippen molar-refractivity contribution >= 4 is 11.9 Å². The molecule has 5 unspecified atom stereocenters. The Morgan fingerprint density at radius 2 is 1.36 bits per heavy atom. The molecule has 16 nitrogen and oxygen atoms in total. The van der Waals surface area contributed by atoms with Crippen LogP contribution in [-0.4, -0.2) is 82.1 Å². The summed E-state index contributed by atoms with van der Waals surface area (Å²) < 4.78 is 25.1. The molecule has 258 valence electrons. The van der Waals surface area contributed by atoms with E-state index in [1.807, 2.05) is 6.92 Å². The molecule has 4 fully saturated rings. The van der Waals surface area contributed by atoms with Crippen LogP contribution in [-0.2, 0) is 28.5 Å². The fourth-order valence-electron chi connectivity index (χ4n) is 6.43. The van der Waals surface area contributed by atoms with Gasteiger partial charge in [0, 0.05) is 24.5 Å². The molecule has 4 saturated heterocycles. The first-order chi connectivity index (χ1) is 22.7. The molecule has 0 spiro atoms. The fraction of sp³-hybridized carbons (Fsp3) is 0.677. The molecule has 2 aromatic heterocycles. The highest BCUT2D eigenvalue weighted by Gasteiger charge is 2.40. The third kappa shape index (κ3) is 8.74. The average molecular weight is 661 g/mol. The van der Waals surface area contributed by atoms with Crippen molar-refractivity contribution < 1.29 is 28.5 Å². The highest BCUT2D eigenvalue weighted by atomic mass is 16.6. The second-order valence-electron chi connectivity index (χ2n) is 12.4. The van der Waals surface area contributed by atoms with E-state index in [-0.39, 0.29) is 48.8 Å². The smallest absolute Gasteiger partial charge is 0.330 e. The van der Waals surface area contributed by atoms with Crippen molar-refractivity contribution in [1.29, 1.82) is 0 Å². The molecule has 6 heterocycles. The molecule has 0 saturated carbocycles. The number of aromatic amines is 2. The van der Waals surface area contributed by atoms with Gasteiger partial charge in [-0.25, -0.2) is 9.59 Å². The number of rotatable bonds is 9. The van der Waals surface area contributed by atoms with Crippen LogP contribution in [0.1, 0.15) is 77.2 Å². The molecular formula is C31H44N6O10. The highest BCUT2D eigenvalue weighted by Crippen LogP contribution is 2.35. The molecule has 4 aliphatic heterocycles. The topological polar surface area (TPSA) is 205 Å². The van der Waals surface area contributed by atoms with Crippen LogP contribution < -0.4 is 33.1 Å². The van der Waals surface area contributed by atoms with Gasteiger partial charge in [0.25, 0.3) is 11.1 Å². The molecule has 0 bridgehead atoms. The molecule has 4 N–H and O–H groups in total. The second kappa shape index (κ2) is 15.8. The van der Waals surface area contributed by atoms with Crippen molar-refractivity contribution in [3.05, 3.63) is 66.2 Å². The van der Waals surface area contributed by atoms with Gasteiger partial charge in [-0.15, -0.1) is 0 Å². The summed E-state index contributed by atoms with van der Waals surface area (Å²) in [5.74, 6) is -0.393. The van der Waals surface area contributed by atoms with E-state index in [1.54, 1.807) is 0 Å². The zero-order valence-corrected chi connectivity index (χ0v) is 26.6. The number of aromatic nitrogens is 4. The third-order valence-corrected chi connectivity index (χ3v) is 9.32.